The van der Waals surface area contributed by atoms with E-state index in [9.17, 15) is 22.0 Å². The zero-order chi connectivity index (χ0) is 13.5. The van der Waals surface area contributed by atoms with Crippen molar-refractivity contribution < 1.29 is 22.0 Å². The average molecular weight is 266 g/mol. The van der Waals surface area contributed by atoms with Crippen LogP contribution in [-0.4, -0.2) is 9.78 Å². The zero-order valence-corrected chi connectivity index (χ0v) is 9.72. The molecule has 0 amide bonds. The Balaban J connectivity index is 2.26. The molecule has 1 aromatic heterocycles. The van der Waals surface area contributed by atoms with Gasteiger partial charge in [-0.3, -0.25) is 4.68 Å². The second-order valence-electron chi connectivity index (χ2n) is 5.22. The smallest absolute Gasteiger partial charge is 0.260 e. The second kappa shape index (κ2) is 3.05. The van der Waals surface area contributed by atoms with E-state index >= 15 is 0 Å². The number of hydrogen-bond donors (Lipinski definition) is 0. The maximum Gasteiger partial charge on any atom is 0.435 e. The molecule has 1 saturated carbocycles. The quantitative estimate of drug-likeness (QED) is 0.709. The Labute approximate surface area is 99.8 Å². The lowest BCUT2D eigenvalue weighted by Gasteiger charge is -2.17. The van der Waals surface area contributed by atoms with E-state index in [1.54, 1.807) is 13.8 Å². The van der Waals surface area contributed by atoms with Gasteiger partial charge in [0, 0.05) is 17.5 Å². The molecule has 1 fully saturated rings. The summed E-state index contributed by atoms with van der Waals surface area (Å²) in [6, 6.07) is -0.516. The number of fused-ring (bicyclic) bond motifs is 3. The Morgan fingerprint density at radius 2 is 1.94 bits per heavy atom. The van der Waals surface area contributed by atoms with Crippen LogP contribution in [0.15, 0.2) is 0 Å². The molecule has 0 saturated heterocycles. The van der Waals surface area contributed by atoms with Gasteiger partial charge in [0.25, 0.3) is 5.92 Å². The first-order valence-electron chi connectivity index (χ1n) is 5.73. The third-order valence-corrected chi connectivity index (χ3v) is 3.65. The highest BCUT2D eigenvalue weighted by Crippen LogP contribution is 2.68. The van der Waals surface area contributed by atoms with Crippen LogP contribution in [0.1, 0.15) is 49.2 Å². The first-order chi connectivity index (χ1) is 8.15. The molecule has 3 rings (SSSR count). The van der Waals surface area contributed by atoms with Gasteiger partial charge in [0.05, 0.1) is 0 Å². The minimum absolute atomic E-state index is 0.132. The molecule has 2 atom stereocenters. The van der Waals surface area contributed by atoms with Crippen LogP contribution in [0.2, 0.25) is 0 Å². The van der Waals surface area contributed by atoms with Gasteiger partial charge in [-0.1, -0.05) is 0 Å². The van der Waals surface area contributed by atoms with Gasteiger partial charge in [-0.25, -0.2) is 0 Å². The van der Waals surface area contributed by atoms with E-state index in [-0.39, 0.29) is 12.0 Å². The van der Waals surface area contributed by atoms with Crippen molar-refractivity contribution >= 4 is 0 Å². The van der Waals surface area contributed by atoms with Crippen LogP contribution in [0, 0.1) is 5.92 Å². The molecule has 7 heteroatoms. The molecule has 2 nitrogen and oxygen atoms in total. The van der Waals surface area contributed by atoms with E-state index in [0.717, 1.165) is 4.68 Å². The Morgan fingerprint density at radius 3 is 2.44 bits per heavy atom. The Hall–Kier alpha value is -1.14. The molecule has 0 aliphatic heterocycles. The van der Waals surface area contributed by atoms with Gasteiger partial charge < -0.3 is 0 Å². The van der Waals surface area contributed by atoms with Crippen molar-refractivity contribution in [2.75, 3.05) is 0 Å². The zero-order valence-electron chi connectivity index (χ0n) is 9.72. The molecule has 2 aliphatic rings. The molecule has 1 aromatic rings. The van der Waals surface area contributed by atoms with Crippen molar-refractivity contribution in [3.63, 3.8) is 0 Å². The number of halogens is 5. The molecular weight excluding hydrogens is 255 g/mol. The van der Waals surface area contributed by atoms with E-state index in [2.05, 4.69) is 5.10 Å². The third kappa shape index (κ3) is 1.30. The largest absolute Gasteiger partial charge is 0.435 e. The van der Waals surface area contributed by atoms with E-state index in [1.165, 1.54) is 0 Å². The molecule has 18 heavy (non-hydrogen) atoms. The van der Waals surface area contributed by atoms with Gasteiger partial charge in [0.2, 0.25) is 0 Å². The Kier molecular flexibility index (Phi) is 2.02. The lowest BCUT2D eigenvalue weighted by atomic mass is 10.1. The van der Waals surface area contributed by atoms with Crippen molar-refractivity contribution in [2.24, 2.45) is 5.92 Å². The fourth-order valence-corrected chi connectivity index (χ4v) is 2.80. The average Bonchev–Trinajstić information content (AvgIpc) is 2.82. The predicted molar refractivity (Wildman–Crippen MR) is 52.4 cm³/mol. The SMILES string of the molecule is CC(C)n1nc(C(F)(F)F)c2c1C(F)(F)C1C[C@H]21. The summed E-state index contributed by atoms with van der Waals surface area (Å²) in [4.78, 5) is 0. The third-order valence-electron chi connectivity index (χ3n) is 3.65. The van der Waals surface area contributed by atoms with Crippen LogP contribution in [-0.2, 0) is 12.1 Å². The monoisotopic (exact) mass is 266 g/mol. The molecule has 0 aromatic carbocycles. The van der Waals surface area contributed by atoms with Gasteiger partial charge in [-0.2, -0.15) is 27.1 Å². The molecule has 100 valence electrons. The molecule has 1 heterocycles. The van der Waals surface area contributed by atoms with Crippen LogP contribution in [0.25, 0.3) is 0 Å². The molecule has 2 aliphatic carbocycles. The number of nitrogens with zero attached hydrogens (tertiary/aromatic N) is 2. The lowest BCUT2D eigenvalue weighted by Crippen LogP contribution is -2.21. The summed E-state index contributed by atoms with van der Waals surface area (Å²) in [6.07, 6.45) is -4.54. The molecule has 0 radical (unpaired) electrons. The lowest BCUT2D eigenvalue weighted by molar-refractivity contribution is -0.142. The number of rotatable bonds is 1. The maximum absolute atomic E-state index is 14.0. The van der Waals surface area contributed by atoms with Crippen LogP contribution >= 0.6 is 0 Å². The fraction of sp³-hybridized carbons (Fsp3) is 0.727. The first-order valence-corrected chi connectivity index (χ1v) is 5.73. The number of aromatic nitrogens is 2. The van der Waals surface area contributed by atoms with E-state index in [1.807, 2.05) is 0 Å². The number of alkyl halides is 5. The molecule has 0 N–H and O–H groups in total. The predicted octanol–water partition coefficient (Wildman–Crippen LogP) is 3.69. The first kappa shape index (κ1) is 11.9. The van der Waals surface area contributed by atoms with Crippen LogP contribution in [0.5, 0.6) is 0 Å². The number of hydrogen-bond acceptors (Lipinski definition) is 1. The van der Waals surface area contributed by atoms with E-state index in [4.69, 9.17) is 0 Å². The molecule has 1 unspecified atom stereocenters. The van der Waals surface area contributed by atoms with Crippen LogP contribution in [0.3, 0.4) is 0 Å². The van der Waals surface area contributed by atoms with Gasteiger partial charge in [-0.05, 0) is 26.2 Å². The van der Waals surface area contributed by atoms with Crippen molar-refractivity contribution in [1.82, 2.24) is 9.78 Å². The van der Waals surface area contributed by atoms with Crippen molar-refractivity contribution in [3.8, 4) is 0 Å². The normalized spacial score (nSPS) is 28.4. The topological polar surface area (TPSA) is 17.8 Å². The summed E-state index contributed by atoms with van der Waals surface area (Å²) in [5.74, 6) is -4.81. The standard InChI is InChI=1S/C11H11F5N2/c1-4(2)18-9-7(8(17-18)11(14,15)16)5-3-6(5)10(9,12)13/h4-6H,3H2,1-2H3/t5-,6?/m0/s1. The second-order valence-corrected chi connectivity index (χ2v) is 5.22. The van der Waals surface area contributed by atoms with E-state index < -0.39 is 41.4 Å². The maximum atomic E-state index is 14.0. The van der Waals surface area contributed by atoms with Crippen molar-refractivity contribution in [3.05, 3.63) is 17.0 Å². The molecular formula is C11H11F5N2. The van der Waals surface area contributed by atoms with Crippen molar-refractivity contribution in [1.29, 1.82) is 0 Å². The van der Waals surface area contributed by atoms with Gasteiger partial charge in [0.15, 0.2) is 5.69 Å². The highest BCUT2D eigenvalue weighted by molar-refractivity contribution is 5.46. The van der Waals surface area contributed by atoms with Gasteiger partial charge >= 0.3 is 6.18 Å². The van der Waals surface area contributed by atoms with Crippen molar-refractivity contribution in [2.45, 2.75) is 44.3 Å². The van der Waals surface area contributed by atoms with Gasteiger partial charge in [0.1, 0.15) is 5.69 Å². The summed E-state index contributed by atoms with van der Waals surface area (Å²) in [5, 5.41) is 3.39. The minimum atomic E-state index is -4.67. The molecule has 0 spiro atoms. The highest BCUT2D eigenvalue weighted by Gasteiger charge is 2.68. The Morgan fingerprint density at radius 1 is 1.33 bits per heavy atom. The summed E-state index contributed by atoms with van der Waals surface area (Å²) in [7, 11) is 0. The summed E-state index contributed by atoms with van der Waals surface area (Å²) >= 11 is 0. The summed E-state index contributed by atoms with van der Waals surface area (Å²) in [5.41, 5.74) is -1.92. The highest BCUT2D eigenvalue weighted by atomic mass is 19.4. The summed E-state index contributed by atoms with van der Waals surface area (Å²) < 4.78 is 67.3. The van der Waals surface area contributed by atoms with Crippen LogP contribution in [0.4, 0.5) is 22.0 Å². The van der Waals surface area contributed by atoms with E-state index in [0.29, 0.717) is 0 Å². The fourth-order valence-electron chi connectivity index (χ4n) is 2.80. The van der Waals surface area contributed by atoms with Gasteiger partial charge in [-0.15, -0.1) is 0 Å². The van der Waals surface area contributed by atoms with Crippen LogP contribution < -0.4 is 0 Å². The Bertz CT molecular complexity index is 514. The minimum Gasteiger partial charge on any atom is -0.260 e. The summed E-state index contributed by atoms with van der Waals surface area (Å²) in [6.45, 7) is 3.10. The molecule has 0 bridgehead atoms.